The zero-order valence-corrected chi connectivity index (χ0v) is 9.00. The van der Waals surface area contributed by atoms with E-state index >= 15 is 0 Å². The van der Waals surface area contributed by atoms with Crippen molar-refractivity contribution in [1.29, 1.82) is 0 Å². The molecule has 0 saturated carbocycles. The molecule has 2 aliphatic rings. The van der Waals surface area contributed by atoms with Gasteiger partial charge in [-0.05, 0) is 32.6 Å². The van der Waals surface area contributed by atoms with Crippen LogP contribution in [0.15, 0.2) is 0 Å². The fourth-order valence-electron chi connectivity index (χ4n) is 2.70. The van der Waals surface area contributed by atoms with Gasteiger partial charge in [-0.2, -0.15) is 0 Å². The van der Waals surface area contributed by atoms with Gasteiger partial charge in [0.15, 0.2) is 0 Å². The molecule has 2 heterocycles. The first kappa shape index (κ1) is 10.4. The molecule has 0 aromatic carbocycles. The van der Waals surface area contributed by atoms with Crippen molar-refractivity contribution < 1.29 is 9.47 Å². The van der Waals surface area contributed by atoms with Crippen LogP contribution in [0.25, 0.3) is 0 Å². The molecule has 2 N–H and O–H groups in total. The zero-order valence-electron chi connectivity index (χ0n) is 9.00. The molecule has 2 rings (SSSR count). The van der Waals surface area contributed by atoms with Gasteiger partial charge in [0.1, 0.15) is 0 Å². The van der Waals surface area contributed by atoms with Crippen LogP contribution in [0.2, 0.25) is 0 Å². The third-order valence-electron chi connectivity index (χ3n) is 3.89. The molecule has 0 bridgehead atoms. The Hall–Kier alpha value is -0.120. The minimum absolute atomic E-state index is 0.189. The highest BCUT2D eigenvalue weighted by molar-refractivity contribution is 4.93. The Morgan fingerprint density at radius 1 is 1.36 bits per heavy atom. The van der Waals surface area contributed by atoms with Gasteiger partial charge >= 0.3 is 0 Å². The fraction of sp³-hybridized carbons (Fsp3) is 1.00. The summed E-state index contributed by atoms with van der Waals surface area (Å²) in [6, 6.07) is 0. The van der Waals surface area contributed by atoms with E-state index in [0.29, 0.717) is 12.2 Å². The van der Waals surface area contributed by atoms with Crippen LogP contribution >= 0.6 is 0 Å². The summed E-state index contributed by atoms with van der Waals surface area (Å²) >= 11 is 0. The van der Waals surface area contributed by atoms with Gasteiger partial charge in [-0.1, -0.05) is 0 Å². The summed E-state index contributed by atoms with van der Waals surface area (Å²) in [7, 11) is 0. The Kier molecular flexibility index (Phi) is 3.10. The van der Waals surface area contributed by atoms with Gasteiger partial charge in [-0.3, -0.25) is 0 Å². The van der Waals surface area contributed by atoms with Gasteiger partial charge in [-0.15, -0.1) is 0 Å². The topological polar surface area (TPSA) is 44.5 Å². The average molecular weight is 199 g/mol. The molecule has 3 nitrogen and oxygen atoms in total. The minimum Gasteiger partial charge on any atom is -0.378 e. The summed E-state index contributed by atoms with van der Waals surface area (Å²) in [4.78, 5) is 0. The van der Waals surface area contributed by atoms with Crippen LogP contribution in [-0.4, -0.2) is 32.0 Å². The second kappa shape index (κ2) is 4.17. The molecule has 0 aromatic heterocycles. The van der Waals surface area contributed by atoms with Crippen LogP contribution in [0.1, 0.15) is 32.6 Å². The maximum Gasteiger partial charge on any atom is 0.0617 e. The van der Waals surface area contributed by atoms with E-state index in [1.165, 1.54) is 12.8 Å². The molecular weight excluding hydrogens is 178 g/mol. The molecule has 0 radical (unpaired) electrons. The standard InChI is InChI=1S/C11H21NO2/c1-9-11(8-12,4-6-13-9)7-10-3-2-5-14-10/h9-10H,2-8,12H2,1H3. The highest BCUT2D eigenvalue weighted by atomic mass is 16.5. The van der Waals surface area contributed by atoms with Crippen molar-refractivity contribution in [3.05, 3.63) is 0 Å². The predicted molar refractivity (Wildman–Crippen MR) is 55.1 cm³/mol. The lowest BCUT2D eigenvalue weighted by molar-refractivity contribution is 0.0188. The van der Waals surface area contributed by atoms with Crippen LogP contribution in [-0.2, 0) is 9.47 Å². The van der Waals surface area contributed by atoms with Crippen LogP contribution in [0.5, 0.6) is 0 Å². The second-order valence-electron chi connectivity index (χ2n) is 4.67. The lowest BCUT2D eigenvalue weighted by Crippen LogP contribution is -2.39. The Morgan fingerprint density at radius 3 is 2.71 bits per heavy atom. The molecule has 0 aromatic rings. The first-order valence-electron chi connectivity index (χ1n) is 5.70. The van der Waals surface area contributed by atoms with Gasteiger partial charge in [0, 0.05) is 25.2 Å². The fourth-order valence-corrected chi connectivity index (χ4v) is 2.70. The Bertz CT molecular complexity index is 192. The van der Waals surface area contributed by atoms with Crippen LogP contribution in [0, 0.1) is 5.41 Å². The Morgan fingerprint density at radius 2 is 2.21 bits per heavy atom. The molecule has 3 unspecified atom stereocenters. The van der Waals surface area contributed by atoms with Crippen molar-refractivity contribution >= 4 is 0 Å². The maximum absolute atomic E-state index is 5.90. The summed E-state index contributed by atoms with van der Waals surface area (Å²) < 4.78 is 11.3. The summed E-state index contributed by atoms with van der Waals surface area (Å²) in [6.45, 7) is 4.68. The predicted octanol–water partition coefficient (Wildman–Crippen LogP) is 1.31. The second-order valence-corrected chi connectivity index (χ2v) is 4.67. The third-order valence-corrected chi connectivity index (χ3v) is 3.89. The summed E-state index contributed by atoms with van der Waals surface area (Å²) in [5, 5.41) is 0. The third kappa shape index (κ3) is 1.81. The van der Waals surface area contributed by atoms with Crippen LogP contribution < -0.4 is 5.73 Å². The van der Waals surface area contributed by atoms with E-state index in [9.17, 15) is 0 Å². The van der Waals surface area contributed by atoms with Gasteiger partial charge in [-0.25, -0.2) is 0 Å². The van der Waals surface area contributed by atoms with Crippen molar-refractivity contribution in [3.63, 3.8) is 0 Å². The quantitative estimate of drug-likeness (QED) is 0.745. The van der Waals surface area contributed by atoms with E-state index in [1.807, 2.05) is 0 Å². The number of hydrogen-bond donors (Lipinski definition) is 1. The lowest BCUT2D eigenvalue weighted by atomic mass is 9.76. The van der Waals surface area contributed by atoms with Crippen molar-refractivity contribution in [3.8, 4) is 0 Å². The van der Waals surface area contributed by atoms with Crippen LogP contribution in [0.3, 0.4) is 0 Å². The van der Waals surface area contributed by atoms with E-state index in [2.05, 4.69) is 6.92 Å². The molecule has 2 aliphatic heterocycles. The largest absolute Gasteiger partial charge is 0.378 e. The number of hydrogen-bond acceptors (Lipinski definition) is 3. The first-order valence-corrected chi connectivity index (χ1v) is 5.70. The van der Waals surface area contributed by atoms with Gasteiger partial charge in [0.25, 0.3) is 0 Å². The molecule has 2 fully saturated rings. The molecule has 0 amide bonds. The summed E-state index contributed by atoms with van der Waals surface area (Å²) in [6.07, 6.45) is 5.34. The van der Waals surface area contributed by atoms with Gasteiger partial charge in [0.2, 0.25) is 0 Å². The smallest absolute Gasteiger partial charge is 0.0617 e. The van der Waals surface area contributed by atoms with Crippen molar-refractivity contribution in [1.82, 2.24) is 0 Å². The highest BCUT2D eigenvalue weighted by Crippen LogP contribution is 2.40. The van der Waals surface area contributed by atoms with Crippen LogP contribution in [0.4, 0.5) is 0 Å². The minimum atomic E-state index is 0.189. The van der Waals surface area contributed by atoms with E-state index in [1.54, 1.807) is 0 Å². The van der Waals surface area contributed by atoms with E-state index in [4.69, 9.17) is 15.2 Å². The number of rotatable bonds is 3. The van der Waals surface area contributed by atoms with Gasteiger partial charge < -0.3 is 15.2 Å². The van der Waals surface area contributed by atoms with E-state index < -0.39 is 0 Å². The first-order chi connectivity index (χ1) is 6.77. The molecule has 2 saturated heterocycles. The van der Waals surface area contributed by atoms with E-state index in [-0.39, 0.29) is 5.41 Å². The highest BCUT2D eigenvalue weighted by Gasteiger charge is 2.42. The van der Waals surface area contributed by atoms with Crippen molar-refractivity contribution in [2.75, 3.05) is 19.8 Å². The summed E-state index contributed by atoms with van der Waals surface area (Å²) in [5.41, 5.74) is 6.09. The molecule has 82 valence electrons. The number of nitrogens with two attached hydrogens (primary N) is 1. The molecule has 0 aliphatic carbocycles. The SMILES string of the molecule is CC1OCCC1(CN)CC1CCCO1. The monoisotopic (exact) mass is 199 g/mol. The maximum atomic E-state index is 5.90. The average Bonchev–Trinajstić information content (AvgIpc) is 2.79. The Balaban J connectivity index is 1.97. The molecule has 3 atom stereocenters. The van der Waals surface area contributed by atoms with Crippen molar-refractivity contribution in [2.24, 2.45) is 11.1 Å². The molecule has 0 spiro atoms. The lowest BCUT2D eigenvalue weighted by Gasteiger charge is -2.32. The zero-order chi connectivity index (χ0) is 10.0. The molecule has 3 heteroatoms. The number of ether oxygens (including phenoxy) is 2. The molecular formula is C11H21NO2. The molecule has 14 heavy (non-hydrogen) atoms. The van der Waals surface area contributed by atoms with Crippen molar-refractivity contribution in [2.45, 2.75) is 44.8 Å². The Labute approximate surface area is 85.9 Å². The van der Waals surface area contributed by atoms with Gasteiger partial charge in [0.05, 0.1) is 12.2 Å². The van der Waals surface area contributed by atoms with E-state index in [0.717, 1.165) is 32.6 Å². The summed E-state index contributed by atoms with van der Waals surface area (Å²) in [5.74, 6) is 0. The normalized spacial score (nSPS) is 43.3.